The maximum Gasteiger partial charge on any atom is 0.259 e. The first-order valence-electron chi connectivity index (χ1n) is 12.9. The molecule has 4 aliphatic rings. The Labute approximate surface area is 213 Å². The van der Waals surface area contributed by atoms with Gasteiger partial charge in [0.25, 0.3) is 5.91 Å². The molecule has 36 heavy (non-hydrogen) atoms. The Balaban J connectivity index is 1.46. The van der Waals surface area contributed by atoms with Crippen molar-refractivity contribution in [2.45, 2.75) is 95.0 Å². The van der Waals surface area contributed by atoms with Crippen LogP contribution in [0.3, 0.4) is 0 Å². The summed E-state index contributed by atoms with van der Waals surface area (Å²) < 4.78 is 26.8. The standard InChI is InChI=1S/C25H38N4O6S/c1-5-16-14-25(16,23(33)28-36(34,35)17-10-11-17)27-21(31)18-7-6-12-29(18)22(32)20(24(2,3)4)26-19(30)13-15-8-9-15/h5,15-18,20H,1,6-14H2,2-4H3,(H,26,30)(H,27,31)(H,28,33)/t16?,18-,20+,25?/m0/s1. The molecule has 1 aliphatic heterocycles. The van der Waals surface area contributed by atoms with Crippen LogP contribution in [0.1, 0.15) is 72.1 Å². The second kappa shape index (κ2) is 9.46. The summed E-state index contributed by atoms with van der Waals surface area (Å²) in [5, 5.41) is 5.09. The van der Waals surface area contributed by atoms with Crippen LogP contribution in [0.15, 0.2) is 12.7 Å². The number of sulfonamides is 1. The second-order valence-corrected chi connectivity index (χ2v) is 13.8. The molecule has 0 aromatic rings. The summed E-state index contributed by atoms with van der Waals surface area (Å²) in [6.07, 6.45) is 6.28. The topological polar surface area (TPSA) is 142 Å². The van der Waals surface area contributed by atoms with Gasteiger partial charge in [-0.3, -0.25) is 23.9 Å². The molecule has 1 heterocycles. The summed E-state index contributed by atoms with van der Waals surface area (Å²) in [6, 6.07) is -1.60. The maximum atomic E-state index is 13.6. The van der Waals surface area contributed by atoms with Crippen LogP contribution >= 0.6 is 0 Å². The third-order valence-electron chi connectivity index (χ3n) is 7.68. The van der Waals surface area contributed by atoms with Crippen molar-refractivity contribution in [2.75, 3.05) is 6.54 Å². The zero-order valence-corrected chi connectivity index (χ0v) is 22.2. The maximum absolute atomic E-state index is 13.6. The van der Waals surface area contributed by atoms with Crippen molar-refractivity contribution < 1.29 is 27.6 Å². The molecule has 2 unspecified atom stereocenters. The van der Waals surface area contributed by atoms with E-state index in [1.807, 2.05) is 20.8 Å². The van der Waals surface area contributed by atoms with E-state index in [0.29, 0.717) is 44.6 Å². The van der Waals surface area contributed by atoms with Gasteiger partial charge in [0, 0.05) is 18.9 Å². The van der Waals surface area contributed by atoms with Gasteiger partial charge in [-0.2, -0.15) is 0 Å². The first-order valence-corrected chi connectivity index (χ1v) is 14.4. The van der Waals surface area contributed by atoms with Crippen LogP contribution in [0.25, 0.3) is 0 Å². The largest absolute Gasteiger partial charge is 0.344 e. The molecule has 0 bridgehead atoms. The second-order valence-electron chi connectivity index (χ2n) is 11.9. The van der Waals surface area contributed by atoms with Crippen LogP contribution in [0, 0.1) is 17.3 Å². The average molecular weight is 523 g/mol. The number of rotatable bonds is 10. The highest BCUT2D eigenvalue weighted by Crippen LogP contribution is 2.45. The first kappa shape index (κ1) is 26.6. The van der Waals surface area contributed by atoms with Crippen molar-refractivity contribution in [1.29, 1.82) is 0 Å². The third-order valence-corrected chi connectivity index (χ3v) is 9.50. The molecule has 10 nitrogen and oxygen atoms in total. The molecule has 11 heteroatoms. The van der Waals surface area contributed by atoms with Crippen LogP contribution in [0.4, 0.5) is 0 Å². The lowest BCUT2D eigenvalue weighted by Crippen LogP contribution is -2.60. The summed E-state index contributed by atoms with van der Waals surface area (Å²) in [7, 11) is -3.77. The van der Waals surface area contributed by atoms with Crippen molar-refractivity contribution in [2.24, 2.45) is 17.3 Å². The smallest absolute Gasteiger partial charge is 0.259 e. The average Bonchev–Trinajstić information content (AvgIpc) is 3.66. The van der Waals surface area contributed by atoms with E-state index in [4.69, 9.17) is 0 Å². The van der Waals surface area contributed by atoms with Gasteiger partial charge in [0.15, 0.2) is 0 Å². The molecular formula is C25H38N4O6S. The summed E-state index contributed by atoms with van der Waals surface area (Å²) in [4.78, 5) is 54.0. The Bertz CT molecular complexity index is 1060. The van der Waals surface area contributed by atoms with Crippen molar-refractivity contribution in [3.8, 4) is 0 Å². The highest BCUT2D eigenvalue weighted by atomic mass is 32.2. The van der Waals surface area contributed by atoms with Gasteiger partial charge in [-0.25, -0.2) is 8.42 Å². The van der Waals surface area contributed by atoms with Crippen molar-refractivity contribution in [3.05, 3.63) is 12.7 Å². The van der Waals surface area contributed by atoms with Gasteiger partial charge in [-0.1, -0.05) is 26.8 Å². The molecule has 200 valence electrons. The Morgan fingerprint density at radius 2 is 1.78 bits per heavy atom. The van der Waals surface area contributed by atoms with Crippen molar-refractivity contribution in [1.82, 2.24) is 20.3 Å². The quantitative estimate of drug-likeness (QED) is 0.365. The number of hydrogen-bond donors (Lipinski definition) is 3. The van der Waals surface area contributed by atoms with Crippen LogP contribution < -0.4 is 15.4 Å². The lowest BCUT2D eigenvalue weighted by Gasteiger charge is -2.35. The number of likely N-dealkylation sites (tertiary alicyclic amines) is 1. The van der Waals surface area contributed by atoms with E-state index in [0.717, 1.165) is 12.8 Å². The zero-order chi connectivity index (χ0) is 26.5. The molecule has 4 amide bonds. The van der Waals surface area contributed by atoms with E-state index < -0.39 is 56.0 Å². The Morgan fingerprint density at radius 3 is 2.31 bits per heavy atom. The van der Waals surface area contributed by atoms with Crippen LogP contribution in [-0.4, -0.2) is 66.4 Å². The highest BCUT2D eigenvalue weighted by Gasteiger charge is 2.61. The minimum atomic E-state index is -3.77. The Morgan fingerprint density at radius 1 is 1.11 bits per heavy atom. The zero-order valence-electron chi connectivity index (χ0n) is 21.3. The number of hydrogen-bond acceptors (Lipinski definition) is 6. The van der Waals surface area contributed by atoms with E-state index in [1.54, 1.807) is 0 Å². The van der Waals surface area contributed by atoms with Gasteiger partial charge in [0.05, 0.1) is 5.25 Å². The molecule has 0 spiro atoms. The van der Waals surface area contributed by atoms with E-state index >= 15 is 0 Å². The fraction of sp³-hybridized carbons (Fsp3) is 0.760. The molecule has 3 aliphatic carbocycles. The predicted molar refractivity (Wildman–Crippen MR) is 133 cm³/mol. The fourth-order valence-electron chi connectivity index (χ4n) is 4.94. The number of carbonyl (C=O) groups excluding carboxylic acids is 4. The first-order chi connectivity index (χ1) is 16.8. The van der Waals surface area contributed by atoms with Crippen molar-refractivity contribution >= 4 is 33.7 Å². The molecular weight excluding hydrogens is 484 g/mol. The van der Waals surface area contributed by atoms with E-state index in [2.05, 4.69) is 21.9 Å². The third kappa shape index (κ3) is 5.60. The van der Waals surface area contributed by atoms with E-state index in [9.17, 15) is 27.6 Å². The molecule has 4 fully saturated rings. The predicted octanol–water partition coefficient (Wildman–Crippen LogP) is 0.978. The van der Waals surface area contributed by atoms with Gasteiger partial charge in [-0.05, 0) is 56.3 Å². The Kier molecular flexibility index (Phi) is 7.00. The van der Waals surface area contributed by atoms with Gasteiger partial charge in [-0.15, -0.1) is 6.58 Å². The summed E-state index contributed by atoms with van der Waals surface area (Å²) in [6.45, 7) is 9.69. The van der Waals surface area contributed by atoms with E-state index in [1.165, 1.54) is 11.0 Å². The molecule has 1 saturated heterocycles. The lowest BCUT2D eigenvalue weighted by atomic mass is 9.85. The molecule has 4 rings (SSSR count). The summed E-state index contributed by atoms with van der Waals surface area (Å²) in [5.41, 5.74) is -1.96. The molecule has 0 aromatic carbocycles. The lowest BCUT2D eigenvalue weighted by molar-refractivity contribution is -0.144. The van der Waals surface area contributed by atoms with Gasteiger partial charge < -0.3 is 15.5 Å². The normalized spacial score (nSPS) is 28.7. The minimum Gasteiger partial charge on any atom is -0.344 e. The monoisotopic (exact) mass is 522 g/mol. The molecule has 4 atom stereocenters. The molecule has 0 aromatic heterocycles. The highest BCUT2D eigenvalue weighted by molar-refractivity contribution is 7.91. The SMILES string of the molecule is C=CC1CC1(NC(=O)[C@@H]1CCCN1C(=O)[C@@H](NC(=O)CC1CC1)C(C)(C)C)C(=O)NS(=O)(=O)C1CC1. The molecule has 3 saturated carbocycles. The summed E-state index contributed by atoms with van der Waals surface area (Å²) in [5.74, 6) is -1.76. The van der Waals surface area contributed by atoms with Crippen LogP contribution in [-0.2, 0) is 29.2 Å². The number of nitrogens with one attached hydrogen (secondary N) is 3. The number of carbonyl (C=O) groups is 4. The van der Waals surface area contributed by atoms with E-state index in [-0.39, 0.29) is 18.2 Å². The summed E-state index contributed by atoms with van der Waals surface area (Å²) >= 11 is 0. The van der Waals surface area contributed by atoms with Crippen LogP contribution in [0.5, 0.6) is 0 Å². The molecule has 0 radical (unpaired) electrons. The fourth-order valence-corrected chi connectivity index (χ4v) is 6.30. The van der Waals surface area contributed by atoms with Crippen molar-refractivity contribution in [3.63, 3.8) is 0 Å². The number of nitrogens with zero attached hydrogens (tertiary/aromatic N) is 1. The number of amides is 4. The van der Waals surface area contributed by atoms with Gasteiger partial charge >= 0.3 is 0 Å². The minimum absolute atomic E-state index is 0.162. The van der Waals surface area contributed by atoms with Crippen LogP contribution in [0.2, 0.25) is 0 Å². The Hall–Kier alpha value is -2.43. The molecule has 3 N–H and O–H groups in total. The van der Waals surface area contributed by atoms with Gasteiger partial charge in [0.2, 0.25) is 27.7 Å². The van der Waals surface area contributed by atoms with Gasteiger partial charge in [0.1, 0.15) is 17.6 Å².